The Hall–Kier alpha value is -1.17. The van der Waals surface area contributed by atoms with Crippen LogP contribution < -0.4 is 10.1 Å². The van der Waals surface area contributed by atoms with E-state index in [4.69, 9.17) is 44.3 Å². The molecule has 0 radical (unpaired) electrons. The monoisotopic (exact) mass is 367 g/mol. The largest absolute Gasteiger partial charge is 0.444 e. The Morgan fingerprint density at radius 1 is 1.09 bits per heavy atom. The predicted molar refractivity (Wildman–Crippen MR) is 85.9 cm³/mol. The van der Waals surface area contributed by atoms with E-state index in [2.05, 4.69) is 5.32 Å². The van der Waals surface area contributed by atoms with E-state index in [9.17, 15) is 9.59 Å². The van der Waals surface area contributed by atoms with Gasteiger partial charge in [0.05, 0.1) is 15.1 Å². The summed E-state index contributed by atoms with van der Waals surface area (Å²) in [6.45, 7) is 6.60. The van der Waals surface area contributed by atoms with Crippen LogP contribution in [0.4, 0.5) is 4.79 Å². The number of benzene rings is 1. The molecule has 8 heteroatoms. The molecule has 22 heavy (non-hydrogen) atoms. The minimum atomic E-state index is -0.930. The van der Waals surface area contributed by atoms with E-state index in [1.54, 1.807) is 20.8 Å². The SMILES string of the molecule is C[C@@H](NC(=O)OC(C)(C)C)C(=O)Oc1cc(Cl)c(Cl)cc1Cl. The van der Waals surface area contributed by atoms with Crippen molar-refractivity contribution in [1.82, 2.24) is 5.32 Å². The van der Waals surface area contributed by atoms with Gasteiger partial charge in [-0.15, -0.1) is 0 Å². The van der Waals surface area contributed by atoms with Crippen LogP contribution in [-0.4, -0.2) is 23.7 Å². The Bertz CT molecular complexity index is 584. The summed E-state index contributed by atoms with van der Waals surface area (Å²) in [5.74, 6) is -0.662. The van der Waals surface area contributed by atoms with Gasteiger partial charge in [0.25, 0.3) is 0 Å². The molecule has 0 spiro atoms. The summed E-state index contributed by atoms with van der Waals surface area (Å²) < 4.78 is 10.1. The summed E-state index contributed by atoms with van der Waals surface area (Å²) in [4.78, 5) is 23.5. The Morgan fingerprint density at radius 2 is 1.64 bits per heavy atom. The summed E-state index contributed by atoms with van der Waals surface area (Å²) in [7, 11) is 0. The van der Waals surface area contributed by atoms with Gasteiger partial charge in [0.1, 0.15) is 11.6 Å². The molecule has 1 atom stereocenters. The van der Waals surface area contributed by atoms with Crippen LogP contribution in [0.3, 0.4) is 0 Å². The zero-order valence-electron chi connectivity index (χ0n) is 12.5. The van der Waals surface area contributed by atoms with Crippen molar-refractivity contribution in [3.05, 3.63) is 27.2 Å². The molecular formula is C14H16Cl3NO4. The highest BCUT2D eigenvalue weighted by Gasteiger charge is 2.23. The van der Waals surface area contributed by atoms with E-state index >= 15 is 0 Å². The second-order valence-corrected chi connectivity index (χ2v) is 6.71. The lowest BCUT2D eigenvalue weighted by Crippen LogP contribution is -2.43. The number of ether oxygens (including phenoxy) is 2. The zero-order chi connectivity index (χ0) is 17.1. The van der Waals surface area contributed by atoms with Gasteiger partial charge >= 0.3 is 12.1 Å². The summed E-state index contributed by atoms with van der Waals surface area (Å²) >= 11 is 17.5. The third-order valence-electron chi connectivity index (χ3n) is 2.27. The maximum absolute atomic E-state index is 11.9. The van der Waals surface area contributed by atoms with E-state index in [0.29, 0.717) is 0 Å². The smallest absolute Gasteiger partial charge is 0.408 e. The molecule has 0 unspecified atom stereocenters. The van der Waals surface area contributed by atoms with Gasteiger partial charge in [-0.05, 0) is 33.8 Å². The number of rotatable bonds is 3. The van der Waals surface area contributed by atoms with E-state index in [1.807, 2.05) is 0 Å². The highest BCUT2D eigenvalue weighted by atomic mass is 35.5. The standard InChI is InChI=1S/C14H16Cl3NO4/c1-7(18-13(20)22-14(2,3)4)12(19)21-11-6-9(16)8(15)5-10(11)17/h5-7H,1-4H3,(H,18,20)/t7-/m1/s1. The van der Waals surface area contributed by atoms with E-state index < -0.39 is 23.7 Å². The maximum Gasteiger partial charge on any atom is 0.408 e. The number of esters is 1. The number of carbonyl (C=O) groups is 2. The van der Waals surface area contributed by atoms with Crippen LogP contribution in [0.5, 0.6) is 5.75 Å². The van der Waals surface area contributed by atoms with E-state index in [-0.39, 0.29) is 20.8 Å². The fraction of sp³-hybridized carbons (Fsp3) is 0.429. The zero-order valence-corrected chi connectivity index (χ0v) is 14.8. The minimum Gasteiger partial charge on any atom is -0.444 e. The summed E-state index contributed by atoms with van der Waals surface area (Å²) in [5.41, 5.74) is -0.666. The lowest BCUT2D eigenvalue weighted by molar-refractivity contribution is -0.136. The average molecular weight is 369 g/mol. The van der Waals surface area contributed by atoms with Gasteiger partial charge in [-0.2, -0.15) is 0 Å². The first-order valence-corrected chi connectivity index (χ1v) is 7.48. The molecule has 1 rings (SSSR count). The molecule has 1 aromatic carbocycles. The Morgan fingerprint density at radius 3 is 2.18 bits per heavy atom. The molecule has 0 fully saturated rings. The Balaban J connectivity index is 2.69. The molecule has 1 aromatic rings. The highest BCUT2D eigenvalue weighted by molar-refractivity contribution is 6.43. The molecule has 0 saturated carbocycles. The molecule has 1 amide bonds. The number of nitrogens with one attached hydrogen (secondary N) is 1. The number of halogens is 3. The van der Waals surface area contributed by atoms with Crippen molar-refractivity contribution in [3.63, 3.8) is 0 Å². The first kappa shape index (κ1) is 18.9. The molecule has 5 nitrogen and oxygen atoms in total. The van der Waals surface area contributed by atoms with Crippen molar-refractivity contribution < 1.29 is 19.1 Å². The molecule has 0 aliphatic heterocycles. The summed E-state index contributed by atoms with van der Waals surface area (Å²) in [6.07, 6.45) is -0.725. The molecule has 1 N–H and O–H groups in total. The van der Waals surface area contributed by atoms with Gasteiger partial charge < -0.3 is 14.8 Å². The number of hydrogen-bond acceptors (Lipinski definition) is 4. The average Bonchev–Trinajstić information content (AvgIpc) is 2.33. The maximum atomic E-state index is 11.9. The van der Waals surface area contributed by atoms with Gasteiger partial charge in [0.2, 0.25) is 0 Å². The number of hydrogen-bond donors (Lipinski definition) is 1. The van der Waals surface area contributed by atoms with Gasteiger partial charge in [0, 0.05) is 6.07 Å². The Kier molecular flexibility index (Phi) is 6.35. The van der Waals surface area contributed by atoms with Crippen molar-refractivity contribution in [1.29, 1.82) is 0 Å². The second kappa shape index (κ2) is 7.40. The number of alkyl carbamates (subject to hydrolysis) is 1. The molecule has 0 heterocycles. The molecule has 0 bridgehead atoms. The lowest BCUT2D eigenvalue weighted by Gasteiger charge is -2.21. The third kappa shape index (κ3) is 5.91. The lowest BCUT2D eigenvalue weighted by atomic mass is 10.2. The summed E-state index contributed by atoms with van der Waals surface area (Å²) in [6, 6.07) is 1.75. The van der Waals surface area contributed by atoms with Crippen molar-refractivity contribution in [3.8, 4) is 5.75 Å². The fourth-order valence-electron chi connectivity index (χ4n) is 1.32. The normalized spacial score (nSPS) is 12.5. The Labute approximate surface area is 143 Å². The van der Waals surface area contributed by atoms with Crippen molar-refractivity contribution in [2.24, 2.45) is 0 Å². The molecule has 0 aliphatic carbocycles. The van der Waals surface area contributed by atoms with Gasteiger partial charge in [-0.25, -0.2) is 9.59 Å². The van der Waals surface area contributed by atoms with Gasteiger partial charge in [-0.1, -0.05) is 34.8 Å². The number of carbonyl (C=O) groups excluding carboxylic acids is 2. The predicted octanol–water partition coefficient (Wildman–Crippen LogP) is 4.47. The van der Waals surface area contributed by atoms with Crippen LogP contribution in [0.1, 0.15) is 27.7 Å². The van der Waals surface area contributed by atoms with Crippen LogP contribution in [0.2, 0.25) is 15.1 Å². The van der Waals surface area contributed by atoms with Crippen LogP contribution in [0.25, 0.3) is 0 Å². The van der Waals surface area contributed by atoms with Crippen LogP contribution in [-0.2, 0) is 9.53 Å². The topological polar surface area (TPSA) is 64.6 Å². The second-order valence-electron chi connectivity index (χ2n) is 5.49. The fourth-order valence-corrected chi connectivity index (χ4v) is 1.90. The van der Waals surface area contributed by atoms with Crippen LogP contribution >= 0.6 is 34.8 Å². The van der Waals surface area contributed by atoms with E-state index in [0.717, 1.165) is 0 Å². The molecule has 0 saturated heterocycles. The van der Waals surface area contributed by atoms with Gasteiger partial charge in [-0.3, -0.25) is 0 Å². The van der Waals surface area contributed by atoms with Crippen LogP contribution in [0.15, 0.2) is 12.1 Å². The van der Waals surface area contributed by atoms with Crippen molar-refractivity contribution in [2.45, 2.75) is 39.3 Å². The first-order valence-electron chi connectivity index (χ1n) is 6.35. The molecule has 122 valence electrons. The van der Waals surface area contributed by atoms with Gasteiger partial charge in [0.15, 0.2) is 5.75 Å². The molecule has 0 aromatic heterocycles. The molecule has 0 aliphatic rings. The quantitative estimate of drug-likeness (QED) is 0.486. The van der Waals surface area contributed by atoms with Crippen molar-refractivity contribution >= 4 is 46.9 Å². The minimum absolute atomic E-state index is 0.0545. The molecular weight excluding hydrogens is 353 g/mol. The van der Waals surface area contributed by atoms with Crippen LogP contribution in [0, 0.1) is 0 Å². The van der Waals surface area contributed by atoms with Crippen molar-refractivity contribution in [2.75, 3.05) is 0 Å². The van der Waals surface area contributed by atoms with E-state index in [1.165, 1.54) is 19.1 Å². The number of amides is 1. The first-order chi connectivity index (χ1) is 9.99. The summed E-state index contributed by atoms with van der Waals surface area (Å²) in [5, 5.41) is 2.93. The third-order valence-corrected chi connectivity index (χ3v) is 3.29. The highest BCUT2D eigenvalue weighted by Crippen LogP contribution is 2.34.